The lowest BCUT2D eigenvalue weighted by atomic mass is 10.7. The number of hydrogen-bond donors (Lipinski definition) is 2. The maximum Gasteiger partial charge on any atom is 0.342 e. The number of amides is 1. The highest BCUT2D eigenvalue weighted by atomic mass is 32.3. The van der Waals surface area contributed by atoms with E-state index in [1.165, 1.54) is 0 Å². The van der Waals surface area contributed by atoms with Gasteiger partial charge in [0.25, 0.3) is 0 Å². The standard InChI is InChI=1S/C3H6N4O3S2/c8-3-7(2-1-4-5-7)11-6-12(9)10/h3,6H,1-2H2/p+1. The van der Waals surface area contributed by atoms with E-state index in [1.807, 2.05) is 0 Å². The average Bonchev–Trinajstić information content (AvgIpc) is 2.50. The van der Waals surface area contributed by atoms with E-state index in [2.05, 4.69) is 14.5 Å². The van der Waals surface area contributed by atoms with Gasteiger partial charge in [-0.3, -0.25) is 4.55 Å². The molecule has 2 N–H and O–H groups in total. The molecule has 2 atom stereocenters. The molecule has 1 aliphatic heterocycles. The predicted molar refractivity (Wildman–Crippen MR) is 42.4 cm³/mol. The van der Waals surface area contributed by atoms with Crippen molar-refractivity contribution in [1.82, 2.24) is 4.13 Å². The Morgan fingerprint density at radius 3 is 2.92 bits per heavy atom. The summed E-state index contributed by atoms with van der Waals surface area (Å²) in [6, 6.07) is 0. The summed E-state index contributed by atoms with van der Waals surface area (Å²) in [5.41, 5.74) is 0. The highest BCUT2D eigenvalue weighted by Crippen LogP contribution is 2.22. The van der Waals surface area contributed by atoms with Crippen molar-refractivity contribution in [3.8, 4) is 0 Å². The molecule has 0 spiro atoms. The van der Waals surface area contributed by atoms with Crippen molar-refractivity contribution in [2.75, 3.05) is 13.1 Å². The van der Waals surface area contributed by atoms with Crippen LogP contribution in [0.5, 0.6) is 0 Å². The zero-order chi connectivity index (χ0) is 9.03. The van der Waals surface area contributed by atoms with Crippen LogP contribution in [0.15, 0.2) is 10.3 Å². The Kier molecular flexibility index (Phi) is 3.29. The third kappa shape index (κ3) is 2.32. The van der Waals surface area contributed by atoms with Gasteiger partial charge in [0.05, 0.1) is 0 Å². The number of quaternary nitrogens is 1. The average molecular weight is 211 g/mol. The zero-order valence-corrected chi connectivity index (χ0v) is 7.55. The lowest BCUT2D eigenvalue weighted by Crippen LogP contribution is -2.36. The Balaban J connectivity index is 2.50. The number of carbonyl (C=O) groups is 1. The van der Waals surface area contributed by atoms with Crippen LogP contribution in [-0.4, -0.2) is 32.3 Å². The fourth-order valence-corrected chi connectivity index (χ4v) is 1.72. The van der Waals surface area contributed by atoms with Gasteiger partial charge in [-0.1, -0.05) is 0 Å². The van der Waals surface area contributed by atoms with Crippen LogP contribution in [-0.2, 0) is 16.1 Å². The molecule has 1 amide bonds. The molecular weight excluding hydrogens is 204 g/mol. The quantitative estimate of drug-likeness (QED) is 0.287. The van der Waals surface area contributed by atoms with Crippen LogP contribution in [0.3, 0.4) is 0 Å². The van der Waals surface area contributed by atoms with E-state index >= 15 is 0 Å². The maximum atomic E-state index is 10.5. The second kappa shape index (κ2) is 4.05. The molecule has 0 aliphatic carbocycles. The van der Waals surface area contributed by atoms with Crippen molar-refractivity contribution >= 4 is 29.8 Å². The predicted octanol–water partition coefficient (Wildman–Crippen LogP) is -0.370. The van der Waals surface area contributed by atoms with E-state index in [0.717, 1.165) is 12.1 Å². The molecule has 0 aromatic heterocycles. The fraction of sp³-hybridized carbons (Fsp3) is 0.667. The van der Waals surface area contributed by atoms with Crippen LogP contribution in [0.1, 0.15) is 0 Å². The van der Waals surface area contributed by atoms with Crippen LogP contribution in [0.2, 0.25) is 0 Å². The summed E-state index contributed by atoms with van der Waals surface area (Å²) in [5, 5.41) is 7.22. The van der Waals surface area contributed by atoms with E-state index in [0.29, 0.717) is 19.5 Å². The minimum absolute atomic E-state index is 0.355. The highest BCUT2D eigenvalue weighted by molar-refractivity contribution is 8.02. The van der Waals surface area contributed by atoms with Crippen LogP contribution < -0.4 is 4.13 Å². The lowest BCUT2D eigenvalue weighted by Gasteiger charge is -2.12. The van der Waals surface area contributed by atoms with Gasteiger partial charge in [-0.15, -0.1) is 9.24 Å². The SMILES string of the molecule is O=C[N+]1(SNS(=O)O)CCN=N1. The lowest BCUT2D eigenvalue weighted by molar-refractivity contribution is -0.706. The molecule has 2 unspecified atom stereocenters. The first-order valence-corrected chi connectivity index (χ1v) is 4.85. The summed E-state index contributed by atoms with van der Waals surface area (Å²) >= 11 is -1.40. The Bertz CT molecular complexity index is 234. The van der Waals surface area contributed by atoms with Gasteiger partial charge in [-0.25, -0.2) is 9.00 Å². The van der Waals surface area contributed by atoms with Gasteiger partial charge in [0.1, 0.15) is 13.1 Å². The summed E-state index contributed by atoms with van der Waals surface area (Å²) < 4.78 is 20.3. The van der Waals surface area contributed by atoms with Crippen molar-refractivity contribution in [3.63, 3.8) is 0 Å². The number of rotatable bonds is 4. The Hall–Kier alpha value is -0.350. The summed E-state index contributed by atoms with van der Waals surface area (Å²) in [5.74, 6) is 0. The summed E-state index contributed by atoms with van der Waals surface area (Å²) in [4.78, 5) is 10.5. The van der Waals surface area contributed by atoms with E-state index in [9.17, 15) is 9.00 Å². The molecule has 0 aromatic carbocycles. The fourth-order valence-electron chi connectivity index (χ4n) is 0.640. The van der Waals surface area contributed by atoms with E-state index < -0.39 is 11.3 Å². The summed E-state index contributed by atoms with van der Waals surface area (Å²) in [6.45, 7) is 0.851. The van der Waals surface area contributed by atoms with E-state index in [-0.39, 0.29) is 4.00 Å². The molecule has 1 rings (SSSR count). The van der Waals surface area contributed by atoms with Gasteiger partial charge in [0.15, 0.2) is 0 Å². The molecule has 0 aromatic rings. The van der Waals surface area contributed by atoms with Crippen LogP contribution in [0.4, 0.5) is 0 Å². The molecular formula is C3H7N4O3S2+. The normalized spacial score (nSPS) is 30.4. The Morgan fingerprint density at radius 1 is 1.75 bits per heavy atom. The van der Waals surface area contributed by atoms with Crippen LogP contribution in [0, 0.1) is 0 Å². The van der Waals surface area contributed by atoms with Crippen molar-refractivity contribution in [2.24, 2.45) is 10.3 Å². The third-order valence-corrected chi connectivity index (χ3v) is 2.69. The summed E-state index contributed by atoms with van der Waals surface area (Å²) in [6.07, 6.45) is 0.557. The first-order chi connectivity index (χ1) is 5.68. The molecule has 1 heterocycles. The zero-order valence-electron chi connectivity index (χ0n) is 5.91. The topological polar surface area (TPSA) is 91.1 Å². The van der Waals surface area contributed by atoms with Gasteiger partial charge in [-0.05, 0) is 4.00 Å². The molecule has 0 saturated heterocycles. The van der Waals surface area contributed by atoms with Gasteiger partial charge in [0, 0.05) is 5.22 Å². The largest absolute Gasteiger partial charge is 0.342 e. The number of nitrogens with zero attached hydrogens (tertiary/aromatic N) is 3. The molecule has 0 saturated carbocycles. The van der Waals surface area contributed by atoms with Gasteiger partial charge in [0.2, 0.25) is 23.4 Å². The number of carbonyl (C=O) groups excluding carboxylic acids is 1. The first-order valence-electron chi connectivity index (χ1n) is 2.97. The number of nitrogens with one attached hydrogen (secondary N) is 1. The minimum Gasteiger partial charge on any atom is -0.293 e. The second-order valence-corrected chi connectivity index (χ2v) is 3.94. The van der Waals surface area contributed by atoms with Gasteiger partial charge >= 0.3 is 6.41 Å². The monoisotopic (exact) mass is 211 g/mol. The first kappa shape index (κ1) is 9.74. The maximum absolute atomic E-state index is 10.5. The Labute approximate surface area is 75.5 Å². The molecule has 0 bridgehead atoms. The molecule has 9 heteroatoms. The van der Waals surface area contributed by atoms with Crippen LogP contribution >= 0.6 is 12.1 Å². The van der Waals surface area contributed by atoms with Crippen molar-refractivity contribution in [1.29, 1.82) is 0 Å². The van der Waals surface area contributed by atoms with Crippen molar-refractivity contribution in [3.05, 3.63) is 0 Å². The van der Waals surface area contributed by atoms with E-state index in [4.69, 9.17) is 4.55 Å². The summed E-state index contributed by atoms with van der Waals surface area (Å²) in [7, 11) is 0. The molecule has 0 fully saturated rings. The molecule has 1 aliphatic rings. The van der Waals surface area contributed by atoms with Crippen LogP contribution in [0.25, 0.3) is 0 Å². The third-order valence-electron chi connectivity index (χ3n) is 1.17. The minimum atomic E-state index is -2.15. The highest BCUT2D eigenvalue weighted by Gasteiger charge is 2.35. The smallest absolute Gasteiger partial charge is 0.293 e. The van der Waals surface area contributed by atoms with Gasteiger partial charge < -0.3 is 0 Å². The van der Waals surface area contributed by atoms with Gasteiger partial charge in [-0.2, -0.15) is 0 Å². The molecule has 12 heavy (non-hydrogen) atoms. The number of hydrogen-bond acceptors (Lipinski definition) is 5. The van der Waals surface area contributed by atoms with Crippen molar-refractivity contribution in [2.45, 2.75) is 0 Å². The van der Waals surface area contributed by atoms with Crippen molar-refractivity contribution < 1.29 is 17.6 Å². The Morgan fingerprint density at radius 2 is 2.50 bits per heavy atom. The second-order valence-electron chi connectivity index (χ2n) is 1.96. The molecule has 0 radical (unpaired) electrons. The molecule has 7 nitrogen and oxygen atoms in total. The molecule has 68 valence electrons. The van der Waals surface area contributed by atoms with E-state index in [1.54, 1.807) is 0 Å².